The average molecular weight is 324 g/mol. The lowest BCUT2D eigenvalue weighted by Crippen LogP contribution is -2.56. The van der Waals surface area contributed by atoms with E-state index in [-0.39, 0.29) is 29.1 Å². The summed E-state index contributed by atoms with van der Waals surface area (Å²) in [5.74, 6) is 0.151. The fraction of sp³-hybridized carbons (Fsp3) is 0.421. The van der Waals surface area contributed by atoms with Crippen molar-refractivity contribution < 1.29 is 14.3 Å². The molecule has 2 aliphatic rings. The molecule has 5 heteroatoms. The Kier molecular flexibility index (Phi) is 3.92. The zero-order valence-electron chi connectivity index (χ0n) is 14.1. The molecule has 1 aromatic carbocycles. The van der Waals surface area contributed by atoms with Crippen LogP contribution < -0.4 is 9.64 Å². The SMILES string of the molecule is COc1ccc(N2CC[C@H]3[C@H](C)C(=O)C(C#N)=C[C@]3(C)C2=O)cc1. The van der Waals surface area contributed by atoms with E-state index in [0.29, 0.717) is 6.54 Å². The first-order valence-corrected chi connectivity index (χ1v) is 8.05. The van der Waals surface area contributed by atoms with Crippen molar-refractivity contribution in [2.24, 2.45) is 17.3 Å². The molecule has 1 saturated heterocycles. The third-order valence-electron chi connectivity index (χ3n) is 5.37. The number of piperidine rings is 1. The van der Waals surface area contributed by atoms with Gasteiger partial charge in [-0.2, -0.15) is 5.26 Å². The summed E-state index contributed by atoms with van der Waals surface area (Å²) in [6.07, 6.45) is 2.31. The van der Waals surface area contributed by atoms with Crippen LogP contribution in [0.5, 0.6) is 5.75 Å². The quantitative estimate of drug-likeness (QED) is 0.838. The van der Waals surface area contributed by atoms with Gasteiger partial charge in [-0.05, 0) is 49.6 Å². The van der Waals surface area contributed by atoms with Crippen LogP contribution >= 0.6 is 0 Å². The highest BCUT2D eigenvalue weighted by molar-refractivity contribution is 6.07. The zero-order chi connectivity index (χ0) is 17.5. The summed E-state index contributed by atoms with van der Waals surface area (Å²) in [5, 5.41) is 9.23. The first-order chi connectivity index (χ1) is 11.4. The average Bonchev–Trinajstić information content (AvgIpc) is 2.60. The van der Waals surface area contributed by atoms with Gasteiger partial charge in [0.2, 0.25) is 5.91 Å². The van der Waals surface area contributed by atoms with Gasteiger partial charge in [0.25, 0.3) is 0 Å². The van der Waals surface area contributed by atoms with Crippen LogP contribution in [0.15, 0.2) is 35.9 Å². The maximum absolute atomic E-state index is 13.2. The summed E-state index contributed by atoms with van der Waals surface area (Å²) in [6, 6.07) is 9.30. The van der Waals surface area contributed by atoms with E-state index in [2.05, 4.69) is 0 Å². The Morgan fingerprint density at radius 1 is 1.29 bits per heavy atom. The lowest BCUT2D eigenvalue weighted by Gasteiger charge is -2.47. The lowest BCUT2D eigenvalue weighted by molar-refractivity contribution is -0.134. The molecule has 0 unspecified atom stereocenters. The van der Waals surface area contributed by atoms with E-state index < -0.39 is 5.41 Å². The Morgan fingerprint density at radius 2 is 1.96 bits per heavy atom. The number of nitrogens with zero attached hydrogens (tertiary/aromatic N) is 2. The fourth-order valence-corrected chi connectivity index (χ4v) is 3.95. The minimum Gasteiger partial charge on any atom is -0.497 e. The Bertz CT molecular complexity index is 760. The molecule has 1 fully saturated rings. The normalized spacial score (nSPS) is 29.6. The third kappa shape index (κ3) is 2.30. The second-order valence-electron chi connectivity index (χ2n) is 6.66. The van der Waals surface area contributed by atoms with Gasteiger partial charge < -0.3 is 9.64 Å². The van der Waals surface area contributed by atoms with Gasteiger partial charge in [-0.1, -0.05) is 6.92 Å². The van der Waals surface area contributed by atoms with Crippen molar-refractivity contribution in [2.75, 3.05) is 18.6 Å². The number of rotatable bonds is 2. The van der Waals surface area contributed by atoms with E-state index in [4.69, 9.17) is 4.74 Å². The number of hydrogen-bond donors (Lipinski definition) is 0. The number of allylic oxidation sites excluding steroid dienone is 1. The monoisotopic (exact) mass is 324 g/mol. The molecule has 1 heterocycles. The van der Waals surface area contributed by atoms with Crippen molar-refractivity contribution >= 4 is 17.4 Å². The van der Waals surface area contributed by atoms with Gasteiger partial charge in [0.05, 0.1) is 18.1 Å². The van der Waals surface area contributed by atoms with Gasteiger partial charge in [-0.3, -0.25) is 9.59 Å². The summed E-state index contributed by atoms with van der Waals surface area (Å²) in [6.45, 7) is 4.24. The molecule has 0 spiro atoms. The van der Waals surface area contributed by atoms with E-state index >= 15 is 0 Å². The molecular weight excluding hydrogens is 304 g/mol. The van der Waals surface area contributed by atoms with E-state index in [1.54, 1.807) is 18.1 Å². The summed E-state index contributed by atoms with van der Waals surface area (Å²) in [4.78, 5) is 27.2. The molecule has 1 aromatic rings. The Hall–Kier alpha value is -2.61. The van der Waals surface area contributed by atoms with E-state index in [0.717, 1.165) is 17.9 Å². The number of carbonyl (C=O) groups is 2. The van der Waals surface area contributed by atoms with Crippen molar-refractivity contribution in [1.29, 1.82) is 5.26 Å². The third-order valence-corrected chi connectivity index (χ3v) is 5.37. The number of ether oxygens (including phenoxy) is 1. The van der Waals surface area contributed by atoms with Crippen molar-refractivity contribution in [1.82, 2.24) is 0 Å². The van der Waals surface area contributed by atoms with E-state index in [9.17, 15) is 14.9 Å². The molecule has 24 heavy (non-hydrogen) atoms. The van der Waals surface area contributed by atoms with Gasteiger partial charge in [0.15, 0.2) is 5.78 Å². The number of hydrogen-bond acceptors (Lipinski definition) is 4. The first-order valence-electron chi connectivity index (χ1n) is 8.05. The van der Waals surface area contributed by atoms with E-state index in [1.807, 2.05) is 44.2 Å². The van der Waals surface area contributed by atoms with Crippen molar-refractivity contribution in [3.63, 3.8) is 0 Å². The standard InChI is InChI=1S/C19H20N2O3/c1-12-16-8-9-21(14-4-6-15(24-3)7-5-14)18(23)19(16,2)10-13(11-20)17(12)22/h4-7,10,12,16H,8-9H2,1-3H3/t12-,16-,19-/m0/s1. The molecule has 0 N–H and O–H groups in total. The first kappa shape index (κ1) is 16.3. The molecule has 0 bridgehead atoms. The second-order valence-corrected chi connectivity index (χ2v) is 6.66. The van der Waals surface area contributed by atoms with Crippen LogP contribution in [0.3, 0.4) is 0 Å². The minimum atomic E-state index is -0.823. The van der Waals surface area contributed by atoms with Crippen LogP contribution in [-0.4, -0.2) is 25.3 Å². The Labute approximate surface area is 141 Å². The van der Waals surface area contributed by atoms with Crippen LogP contribution in [0.4, 0.5) is 5.69 Å². The summed E-state index contributed by atoms with van der Waals surface area (Å²) in [5.41, 5.74) is 0.0828. The number of amides is 1. The Morgan fingerprint density at radius 3 is 2.54 bits per heavy atom. The topological polar surface area (TPSA) is 70.4 Å². The molecule has 124 valence electrons. The van der Waals surface area contributed by atoms with Crippen LogP contribution in [-0.2, 0) is 9.59 Å². The number of benzene rings is 1. The molecule has 0 saturated carbocycles. The molecule has 5 nitrogen and oxygen atoms in total. The minimum absolute atomic E-state index is 0.0592. The highest BCUT2D eigenvalue weighted by Gasteiger charge is 2.52. The molecule has 0 aromatic heterocycles. The van der Waals surface area contributed by atoms with Crippen LogP contribution in [0, 0.1) is 28.6 Å². The zero-order valence-corrected chi connectivity index (χ0v) is 14.1. The molecular formula is C19H20N2O3. The van der Waals surface area contributed by atoms with Crippen LogP contribution in [0.2, 0.25) is 0 Å². The van der Waals surface area contributed by atoms with Gasteiger partial charge in [0, 0.05) is 18.2 Å². The van der Waals surface area contributed by atoms with Crippen molar-refractivity contribution in [3.05, 3.63) is 35.9 Å². The van der Waals surface area contributed by atoms with Crippen LogP contribution in [0.25, 0.3) is 0 Å². The molecule has 0 radical (unpaired) electrons. The van der Waals surface area contributed by atoms with Crippen molar-refractivity contribution in [3.8, 4) is 11.8 Å². The number of anilines is 1. The number of fused-ring (bicyclic) bond motifs is 1. The maximum Gasteiger partial charge on any atom is 0.237 e. The predicted octanol–water partition coefficient (Wildman–Crippen LogP) is 2.72. The van der Waals surface area contributed by atoms with Crippen LogP contribution in [0.1, 0.15) is 20.3 Å². The van der Waals surface area contributed by atoms with Gasteiger partial charge in [-0.15, -0.1) is 0 Å². The van der Waals surface area contributed by atoms with Gasteiger partial charge >= 0.3 is 0 Å². The fourth-order valence-electron chi connectivity index (χ4n) is 3.95. The lowest BCUT2D eigenvalue weighted by atomic mass is 9.61. The second kappa shape index (κ2) is 5.79. The maximum atomic E-state index is 13.2. The highest BCUT2D eigenvalue weighted by Crippen LogP contribution is 2.47. The van der Waals surface area contributed by atoms with Crippen molar-refractivity contribution in [2.45, 2.75) is 20.3 Å². The largest absolute Gasteiger partial charge is 0.497 e. The number of nitriles is 1. The smallest absolute Gasteiger partial charge is 0.237 e. The van der Waals surface area contributed by atoms with Gasteiger partial charge in [0.1, 0.15) is 11.8 Å². The number of ketones is 1. The number of methoxy groups -OCH3 is 1. The molecule has 3 rings (SSSR count). The molecule has 1 aliphatic heterocycles. The summed E-state index contributed by atoms with van der Waals surface area (Å²) < 4.78 is 5.16. The summed E-state index contributed by atoms with van der Waals surface area (Å²) >= 11 is 0. The predicted molar refractivity (Wildman–Crippen MR) is 89.4 cm³/mol. The highest BCUT2D eigenvalue weighted by atomic mass is 16.5. The number of Topliss-reactive ketones (excluding diaryl/α,β-unsaturated/α-hetero) is 1. The summed E-state index contributed by atoms with van der Waals surface area (Å²) in [7, 11) is 1.60. The Balaban J connectivity index is 1.99. The number of carbonyl (C=O) groups excluding carboxylic acids is 2. The molecule has 1 aliphatic carbocycles. The van der Waals surface area contributed by atoms with E-state index in [1.165, 1.54) is 0 Å². The molecule has 3 atom stereocenters. The molecule has 1 amide bonds. The van der Waals surface area contributed by atoms with Gasteiger partial charge in [-0.25, -0.2) is 0 Å².